The maximum Gasteiger partial charge on any atom is 0.172 e. The quantitative estimate of drug-likeness (QED) is 0.773. The highest BCUT2D eigenvalue weighted by Gasteiger charge is 2.54. The van der Waals surface area contributed by atoms with Crippen LogP contribution in [0.25, 0.3) is 0 Å². The molecule has 0 N–H and O–H groups in total. The molecule has 0 aliphatic heterocycles. The number of Topliss-reactive ketones (excluding diaryl/α,β-unsaturated/α-hetero) is 1. The zero-order valence-electron chi connectivity index (χ0n) is 12.1. The van der Waals surface area contributed by atoms with Crippen LogP contribution in [0.3, 0.4) is 0 Å². The number of rotatable bonds is 3. The molecule has 20 heavy (non-hydrogen) atoms. The third-order valence-corrected chi connectivity index (χ3v) is 5.87. The Labute approximate surface area is 120 Å². The topological polar surface area (TPSA) is 26.3 Å². The summed E-state index contributed by atoms with van der Waals surface area (Å²) in [5.41, 5.74) is 0.737. The van der Waals surface area contributed by atoms with Gasteiger partial charge in [0.1, 0.15) is 5.75 Å². The van der Waals surface area contributed by atoms with Gasteiger partial charge in [-0.15, -0.1) is 0 Å². The van der Waals surface area contributed by atoms with Crippen LogP contribution in [-0.2, 0) is 0 Å². The van der Waals surface area contributed by atoms with E-state index < -0.39 is 0 Å². The van der Waals surface area contributed by atoms with Crippen LogP contribution in [0.1, 0.15) is 48.9 Å². The van der Waals surface area contributed by atoms with Gasteiger partial charge < -0.3 is 4.74 Å². The van der Waals surface area contributed by atoms with Crippen LogP contribution in [0.2, 0.25) is 0 Å². The van der Waals surface area contributed by atoms with Gasteiger partial charge in [0.2, 0.25) is 0 Å². The molecular formula is C18H22O2. The van der Waals surface area contributed by atoms with Crippen molar-refractivity contribution in [2.24, 2.45) is 23.2 Å². The van der Waals surface area contributed by atoms with Crippen molar-refractivity contribution in [3.8, 4) is 5.75 Å². The normalized spacial score (nSPS) is 38.0. The average Bonchev–Trinajstić information content (AvgIpc) is 2.45. The summed E-state index contributed by atoms with van der Waals surface area (Å²) in [5, 5.41) is 0. The van der Waals surface area contributed by atoms with Crippen molar-refractivity contribution in [3.63, 3.8) is 0 Å². The Hall–Kier alpha value is -1.31. The summed E-state index contributed by atoms with van der Waals surface area (Å²) in [6, 6.07) is 7.75. The number of carbonyl (C=O) groups excluding carboxylic acids is 1. The van der Waals surface area contributed by atoms with Crippen LogP contribution in [0.15, 0.2) is 24.3 Å². The number of hydrogen-bond acceptors (Lipinski definition) is 2. The van der Waals surface area contributed by atoms with E-state index in [1.54, 1.807) is 7.11 Å². The molecule has 1 aromatic carbocycles. The first kappa shape index (κ1) is 12.4. The first-order valence-electron chi connectivity index (χ1n) is 7.88. The lowest BCUT2D eigenvalue weighted by Gasteiger charge is -2.56. The molecule has 2 nitrogen and oxygen atoms in total. The van der Waals surface area contributed by atoms with Crippen LogP contribution in [0, 0.1) is 23.2 Å². The van der Waals surface area contributed by atoms with Crippen molar-refractivity contribution in [3.05, 3.63) is 29.8 Å². The van der Waals surface area contributed by atoms with E-state index in [1.807, 2.05) is 24.3 Å². The van der Waals surface area contributed by atoms with Gasteiger partial charge in [-0.2, -0.15) is 0 Å². The molecule has 1 aromatic rings. The summed E-state index contributed by atoms with van der Waals surface area (Å²) >= 11 is 0. The first-order chi connectivity index (χ1) is 9.70. The molecule has 5 rings (SSSR count). The van der Waals surface area contributed by atoms with Crippen LogP contribution < -0.4 is 4.74 Å². The Balaban J connectivity index is 1.71. The van der Waals surface area contributed by atoms with Gasteiger partial charge in [0.25, 0.3) is 0 Å². The Morgan fingerprint density at radius 1 is 1.05 bits per heavy atom. The number of ketones is 1. The highest BCUT2D eigenvalue weighted by atomic mass is 16.5. The lowest BCUT2D eigenvalue weighted by atomic mass is 9.48. The van der Waals surface area contributed by atoms with Crippen LogP contribution in [0.5, 0.6) is 5.75 Å². The van der Waals surface area contributed by atoms with Crippen LogP contribution in [0.4, 0.5) is 0 Å². The van der Waals surface area contributed by atoms with Crippen molar-refractivity contribution in [2.75, 3.05) is 7.11 Å². The molecule has 106 valence electrons. The Bertz CT molecular complexity index is 511. The van der Waals surface area contributed by atoms with E-state index >= 15 is 0 Å². The lowest BCUT2D eigenvalue weighted by Crippen LogP contribution is -2.50. The van der Waals surface area contributed by atoms with E-state index in [0.717, 1.165) is 48.3 Å². The molecule has 2 heteroatoms. The van der Waals surface area contributed by atoms with Crippen LogP contribution in [-0.4, -0.2) is 12.9 Å². The van der Waals surface area contributed by atoms with Crippen LogP contribution >= 0.6 is 0 Å². The van der Waals surface area contributed by atoms with Crippen molar-refractivity contribution >= 4 is 5.78 Å². The third-order valence-electron chi connectivity index (χ3n) is 5.87. The molecule has 4 saturated carbocycles. The van der Waals surface area contributed by atoms with E-state index in [1.165, 1.54) is 19.3 Å². The van der Waals surface area contributed by atoms with Crippen molar-refractivity contribution < 1.29 is 9.53 Å². The second kappa shape index (κ2) is 4.34. The highest BCUT2D eigenvalue weighted by Crippen LogP contribution is 2.61. The monoisotopic (exact) mass is 270 g/mol. The minimum atomic E-state index is -0.0661. The zero-order valence-corrected chi connectivity index (χ0v) is 12.1. The summed E-state index contributed by atoms with van der Waals surface area (Å²) in [7, 11) is 1.66. The highest BCUT2D eigenvalue weighted by molar-refractivity contribution is 6.03. The van der Waals surface area contributed by atoms with Gasteiger partial charge in [0.15, 0.2) is 5.78 Å². The summed E-state index contributed by atoms with van der Waals surface area (Å²) in [4.78, 5) is 13.2. The predicted molar refractivity (Wildman–Crippen MR) is 77.9 cm³/mol. The Kier molecular flexibility index (Phi) is 2.70. The van der Waals surface area contributed by atoms with Crippen molar-refractivity contribution in [2.45, 2.75) is 38.5 Å². The maximum atomic E-state index is 13.2. The SMILES string of the molecule is COc1ccccc1C(=O)C12CC3CC(CC(C3)C1)C2. The number of para-hydroxylation sites is 1. The van der Waals surface area contributed by atoms with E-state index in [-0.39, 0.29) is 5.41 Å². The predicted octanol–water partition coefficient (Wildman–Crippen LogP) is 4.09. The lowest BCUT2D eigenvalue weighted by molar-refractivity contribution is -0.0354. The fraction of sp³-hybridized carbons (Fsp3) is 0.611. The molecule has 0 heterocycles. The third kappa shape index (κ3) is 1.73. The van der Waals surface area contributed by atoms with Gasteiger partial charge >= 0.3 is 0 Å². The summed E-state index contributed by atoms with van der Waals surface area (Å²) in [5.74, 6) is 3.52. The molecule has 0 saturated heterocycles. The molecule has 4 aliphatic carbocycles. The fourth-order valence-corrected chi connectivity index (χ4v) is 5.51. The number of carbonyl (C=O) groups is 1. The standard InChI is InChI=1S/C18H22O2/c1-20-16-5-3-2-4-15(16)17(19)18-9-12-6-13(10-18)8-14(7-12)11-18/h2-5,12-14H,6-11H2,1H3. The maximum absolute atomic E-state index is 13.2. The average molecular weight is 270 g/mol. The zero-order chi connectivity index (χ0) is 13.7. The second-order valence-electron chi connectivity index (χ2n) is 7.23. The molecule has 0 amide bonds. The molecule has 4 aliphatic rings. The Morgan fingerprint density at radius 2 is 1.60 bits per heavy atom. The van der Waals surface area contributed by atoms with E-state index in [9.17, 15) is 4.79 Å². The largest absolute Gasteiger partial charge is 0.496 e. The molecule has 0 atom stereocenters. The second-order valence-corrected chi connectivity index (χ2v) is 7.23. The molecule has 4 fully saturated rings. The molecule has 0 spiro atoms. The number of benzene rings is 1. The number of methoxy groups -OCH3 is 1. The molecular weight excluding hydrogens is 248 g/mol. The molecule has 0 unspecified atom stereocenters. The van der Waals surface area contributed by atoms with E-state index in [2.05, 4.69) is 0 Å². The van der Waals surface area contributed by atoms with E-state index in [4.69, 9.17) is 4.74 Å². The minimum absolute atomic E-state index is 0.0661. The van der Waals surface area contributed by atoms with Crippen molar-refractivity contribution in [1.82, 2.24) is 0 Å². The van der Waals surface area contributed by atoms with Gasteiger partial charge in [-0.25, -0.2) is 0 Å². The summed E-state index contributed by atoms with van der Waals surface area (Å²) < 4.78 is 5.41. The van der Waals surface area contributed by atoms with Gasteiger partial charge in [0.05, 0.1) is 12.7 Å². The van der Waals surface area contributed by atoms with E-state index in [0.29, 0.717) is 5.78 Å². The Morgan fingerprint density at radius 3 is 2.15 bits per heavy atom. The summed E-state index contributed by atoms with van der Waals surface area (Å²) in [6.07, 6.45) is 7.48. The number of ether oxygens (including phenoxy) is 1. The van der Waals surface area contributed by atoms with Gasteiger partial charge in [0, 0.05) is 5.41 Å². The van der Waals surface area contributed by atoms with Gasteiger partial charge in [-0.1, -0.05) is 12.1 Å². The van der Waals surface area contributed by atoms with Gasteiger partial charge in [-0.05, 0) is 68.4 Å². The fourth-order valence-electron chi connectivity index (χ4n) is 5.51. The molecule has 0 radical (unpaired) electrons. The summed E-state index contributed by atoms with van der Waals surface area (Å²) in [6.45, 7) is 0. The number of hydrogen-bond donors (Lipinski definition) is 0. The smallest absolute Gasteiger partial charge is 0.172 e. The molecule has 0 aromatic heterocycles. The van der Waals surface area contributed by atoms with Crippen molar-refractivity contribution in [1.29, 1.82) is 0 Å². The minimum Gasteiger partial charge on any atom is -0.496 e. The van der Waals surface area contributed by atoms with Gasteiger partial charge in [-0.3, -0.25) is 4.79 Å². The first-order valence-corrected chi connectivity index (χ1v) is 7.88. The molecule has 4 bridgehead atoms.